The van der Waals surface area contributed by atoms with E-state index in [9.17, 15) is 4.79 Å². The molecule has 29 heavy (non-hydrogen) atoms. The maximum absolute atomic E-state index is 12.0. The maximum Gasteiger partial charge on any atom is 0.243 e. The lowest BCUT2D eigenvalue weighted by Gasteiger charge is -2.40. The smallest absolute Gasteiger partial charge is 0.243 e. The van der Waals surface area contributed by atoms with Crippen molar-refractivity contribution in [3.8, 4) is 0 Å². The number of carbonyl (C=O) groups excluding carboxylic acids is 1. The normalized spacial score (nSPS) is 26.4. The van der Waals surface area contributed by atoms with Gasteiger partial charge in [0.1, 0.15) is 6.54 Å². The minimum Gasteiger partial charge on any atom is -0.377 e. The number of carbonyl (C=O) groups is 1. The van der Waals surface area contributed by atoms with Crippen molar-refractivity contribution in [1.29, 1.82) is 0 Å². The lowest BCUT2D eigenvalue weighted by atomic mass is 9.78. The van der Waals surface area contributed by atoms with Crippen molar-refractivity contribution in [2.24, 2.45) is 16.3 Å². The Hall–Kier alpha value is -1.34. The molecule has 0 aromatic carbocycles. The van der Waals surface area contributed by atoms with E-state index in [4.69, 9.17) is 4.74 Å². The lowest BCUT2D eigenvalue weighted by molar-refractivity contribution is -0.127. The van der Waals surface area contributed by atoms with Crippen molar-refractivity contribution in [3.63, 3.8) is 0 Å². The van der Waals surface area contributed by atoms with E-state index in [1.54, 1.807) is 19.0 Å². The van der Waals surface area contributed by atoms with Gasteiger partial charge in [0.25, 0.3) is 0 Å². The summed E-state index contributed by atoms with van der Waals surface area (Å²) in [5.74, 6) is 1.19. The van der Waals surface area contributed by atoms with Gasteiger partial charge >= 0.3 is 0 Å². The number of ether oxygens (including phenoxy) is 1. The fraction of sp³-hybridized carbons (Fsp3) is 0.909. The van der Waals surface area contributed by atoms with Crippen LogP contribution in [0.2, 0.25) is 0 Å². The molecule has 1 amide bonds. The van der Waals surface area contributed by atoms with Gasteiger partial charge in [-0.25, -0.2) is 4.99 Å². The van der Waals surface area contributed by atoms with Crippen molar-refractivity contribution in [1.82, 2.24) is 20.4 Å². The first kappa shape index (κ1) is 23.9. The van der Waals surface area contributed by atoms with Crippen LogP contribution < -0.4 is 10.6 Å². The number of nitrogens with one attached hydrogen (secondary N) is 2. The summed E-state index contributed by atoms with van der Waals surface area (Å²) in [5.41, 5.74) is 0.115. The summed E-state index contributed by atoms with van der Waals surface area (Å²) in [6.45, 7) is 13.9. The molecule has 0 radical (unpaired) electrons. The van der Waals surface area contributed by atoms with E-state index >= 15 is 0 Å². The average molecular weight is 410 g/mol. The van der Waals surface area contributed by atoms with Gasteiger partial charge in [0.15, 0.2) is 5.96 Å². The number of amides is 1. The minimum absolute atomic E-state index is 0.00992. The first-order chi connectivity index (χ1) is 13.7. The third kappa shape index (κ3) is 7.45. The number of hydrogen-bond acceptors (Lipinski definition) is 4. The molecule has 7 heteroatoms. The Morgan fingerprint density at radius 2 is 1.90 bits per heavy atom. The van der Waals surface area contributed by atoms with E-state index in [0.29, 0.717) is 12.0 Å². The number of guanidine groups is 1. The molecular formula is C22H43N5O2. The summed E-state index contributed by atoms with van der Waals surface area (Å²) in [5, 5.41) is 7.01. The molecule has 168 valence electrons. The Morgan fingerprint density at radius 1 is 1.17 bits per heavy atom. The average Bonchev–Trinajstić information content (AvgIpc) is 3.14. The van der Waals surface area contributed by atoms with Gasteiger partial charge in [0.2, 0.25) is 5.91 Å². The largest absolute Gasteiger partial charge is 0.377 e. The van der Waals surface area contributed by atoms with Crippen LogP contribution in [0.1, 0.15) is 53.4 Å². The fourth-order valence-electron chi connectivity index (χ4n) is 4.46. The molecule has 2 rings (SSSR count). The number of rotatable bonds is 7. The van der Waals surface area contributed by atoms with Crippen LogP contribution in [0, 0.1) is 11.3 Å². The quantitative estimate of drug-likeness (QED) is 0.497. The third-order valence-electron chi connectivity index (χ3n) is 6.11. The van der Waals surface area contributed by atoms with E-state index in [2.05, 4.69) is 48.2 Å². The number of likely N-dealkylation sites (tertiary alicyclic amines) is 1. The predicted octanol–water partition coefficient (Wildman–Crippen LogP) is 1.94. The predicted molar refractivity (Wildman–Crippen MR) is 119 cm³/mol. The van der Waals surface area contributed by atoms with Crippen LogP contribution in [0.3, 0.4) is 0 Å². The molecule has 0 bridgehead atoms. The lowest BCUT2D eigenvalue weighted by Crippen LogP contribution is -2.49. The molecule has 7 nitrogen and oxygen atoms in total. The van der Waals surface area contributed by atoms with Gasteiger partial charge in [-0.1, -0.05) is 27.7 Å². The van der Waals surface area contributed by atoms with Crippen LogP contribution in [-0.4, -0.2) is 87.2 Å². The van der Waals surface area contributed by atoms with Gasteiger partial charge in [-0.3, -0.25) is 9.69 Å². The topological polar surface area (TPSA) is 69.2 Å². The molecule has 0 saturated carbocycles. The Kier molecular flexibility index (Phi) is 9.21. The number of likely N-dealkylation sites (N-methyl/N-ethyl adjacent to an activating group) is 2. The van der Waals surface area contributed by atoms with E-state index in [1.165, 1.54) is 19.4 Å². The molecule has 2 aliphatic heterocycles. The second-order valence-electron chi connectivity index (χ2n) is 9.70. The fourth-order valence-corrected chi connectivity index (χ4v) is 4.46. The zero-order valence-electron chi connectivity index (χ0n) is 19.5. The molecule has 2 fully saturated rings. The maximum atomic E-state index is 12.0. The van der Waals surface area contributed by atoms with Crippen LogP contribution >= 0.6 is 0 Å². The summed E-state index contributed by atoms with van der Waals surface area (Å²) in [6, 6.07) is 0.539. The molecule has 2 N–H and O–H groups in total. The Morgan fingerprint density at radius 3 is 2.55 bits per heavy atom. The van der Waals surface area contributed by atoms with Crippen molar-refractivity contribution in [2.45, 2.75) is 65.5 Å². The molecule has 3 atom stereocenters. The van der Waals surface area contributed by atoms with Crippen molar-refractivity contribution < 1.29 is 9.53 Å². The van der Waals surface area contributed by atoms with Gasteiger partial charge < -0.3 is 20.3 Å². The Labute approximate surface area is 177 Å². The molecule has 3 unspecified atom stereocenters. The van der Waals surface area contributed by atoms with Crippen LogP contribution in [0.15, 0.2) is 4.99 Å². The molecule has 2 aliphatic rings. The van der Waals surface area contributed by atoms with Crippen LogP contribution in [0.5, 0.6) is 0 Å². The Balaban J connectivity index is 1.98. The number of hydrogen-bond donors (Lipinski definition) is 2. The summed E-state index contributed by atoms with van der Waals surface area (Å²) in [4.78, 5) is 20.7. The Bertz CT molecular complexity index is 544. The molecule has 2 saturated heterocycles. The molecule has 0 aliphatic carbocycles. The van der Waals surface area contributed by atoms with Gasteiger partial charge in [-0.05, 0) is 44.2 Å². The zero-order valence-corrected chi connectivity index (χ0v) is 19.5. The summed E-state index contributed by atoms with van der Waals surface area (Å²) in [7, 11) is 3.53. The molecule has 0 aromatic heterocycles. The SMILES string of the molecule is CCN1CCCC1CNC(=NCC(=O)N(C)C)NCC1CCCOC1C(C)(C)C. The van der Waals surface area contributed by atoms with E-state index in [1.807, 2.05) is 0 Å². The zero-order chi connectivity index (χ0) is 21.4. The van der Waals surface area contributed by atoms with Gasteiger partial charge in [0, 0.05) is 45.8 Å². The van der Waals surface area contributed by atoms with E-state index < -0.39 is 0 Å². The highest BCUT2D eigenvalue weighted by Crippen LogP contribution is 2.33. The van der Waals surface area contributed by atoms with Crippen molar-refractivity contribution in [3.05, 3.63) is 0 Å². The summed E-state index contributed by atoms with van der Waals surface area (Å²) >= 11 is 0. The van der Waals surface area contributed by atoms with Crippen molar-refractivity contribution in [2.75, 3.05) is 53.4 Å². The van der Waals surface area contributed by atoms with Crippen LogP contribution in [-0.2, 0) is 9.53 Å². The van der Waals surface area contributed by atoms with Gasteiger partial charge in [-0.2, -0.15) is 0 Å². The highest BCUT2D eigenvalue weighted by molar-refractivity contribution is 5.84. The second-order valence-corrected chi connectivity index (χ2v) is 9.70. The first-order valence-corrected chi connectivity index (χ1v) is 11.3. The summed E-state index contributed by atoms with van der Waals surface area (Å²) < 4.78 is 6.12. The second kappa shape index (κ2) is 11.2. The van der Waals surface area contributed by atoms with Crippen molar-refractivity contribution >= 4 is 11.9 Å². The molecule has 0 spiro atoms. The monoisotopic (exact) mass is 409 g/mol. The number of aliphatic imine (C=N–C) groups is 1. The first-order valence-electron chi connectivity index (χ1n) is 11.3. The van der Waals surface area contributed by atoms with Gasteiger partial charge in [-0.15, -0.1) is 0 Å². The number of nitrogens with zero attached hydrogens (tertiary/aromatic N) is 3. The summed E-state index contributed by atoms with van der Waals surface area (Å²) in [6.07, 6.45) is 4.97. The highest BCUT2D eigenvalue weighted by atomic mass is 16.5. The van der Waals surface area contributed by atoms with E-state index in [-0.39, 0.29) is 24.0 Å². The standard InChI is InChI=1S/C22H43N5O2/c1-7-27-12-8-11-18(27)15-24-21(25-16-19(28)26(5)6)23-14-17-10-9-13-29-20(17)22(2,3)4/h17-18,20H,7-16H2,1-6H3,(H2,23,24,25). The minimum atomic E-state index is 0.00992. The van der Waals surface area contributed by atoms with Crippen LogP contribution in [0.25, 0.3) is 0 Å². The van der Waals surface area contributed by atoms with Gasteiger partial charge in [0.05, 0.1) is 6.10 Å². The van der Waals surface area contributed by atoms with E-state index in [0.717, 1.165) is 45.0 Å². The molecule has 2 heterocycles. The molecule has 0 aromatic rings. The third-order valence-corrected chi connectivity index (χ3v) is 6.11. The molecular weight excluding hydrogens is 366 g/mol. The highest BCUT2D eigenvalue weighted by Gasteiger charge is 2.35. The van der Waals surface area contributed by atoms with Crippen LogP contribution in [0.4, 0.5) is 0 Å².